The molecule has 1 aliphatic rings. The Balaban J connectivity index is 2.18. The molecule has 0 aliphatic heterocycles. The highest BCUT2D eigenvalue weighted by atomic mass is 32.2. The van der Waals surface area contributed by atoms with Crippen LogP contribution in [0.1, 0.15) is 25.7 Å². The maximum atomic E-state index is 10.1. The summed E-state index contributed by atoms with van der Waals surface area (Å²) in [7, 11) is 0. The molecule has 1 saturated carbocycles. The van der Waals surface area contributed by atoms with Crippen LogP contribution < -0.4 is 10.7 Å². The molecule has 0 saturated heterocycles. The van der Waals surface area contributed by atoms with E-state index in [-0.39, 0.29) is 6.04 Å². The van der Waals surface area contributed by atoms with Crippen LogP contribution in [0.3, 0.4) is 0 Å². The van der Waals surface area contributed by atoms with Crippen LogP contribution >= 0.6 is 11.9 Å². The Morgan fingerprint density at radius 1 is 1.36 bits per heavy atom. The molecule has 11 heavy (non-hydrogen) atoms. The second-order valence-corrected chi connectivity index (χ2v) is 3.91. The fraction of sp³-hybridized carbons (Fsp3) is 1.00. The Morgan fingerprint density at radius 2 is 2.00 bits per heavy atom. The van der Waals surface area contributed by atoms with E-state index in [1.54, 1.807) is 11.9 Å². The molecule has 0 aromatic carbocycles. The first kappa shape index (κ1) is 8.96. The average molecular weight is 175 g/mol. The van der Waals surface area contributed by atoms with Crippen molar-refractivity contribution in [1.29, 1.82) is 0 Å². The first-order chi connectivity index (χ1) is 5.36. The van der Waals surface area contributed by atoms with Crippen LogP contribution in [0.4, 0.5) is 0 Å². The summed E-state index contributed by atoms with van der Waals surface area (Å²) in [5, 5.41) is 3.60. The van der Waals surface area contributed by atoms with Gasteiger partial charge in [0.25, 0.3) is 0 Å². The molecule has 4 nitrogen and oxygen atoms in total. The van der Waals surface area contributed by atoms with Crippen LogP contribution in [0.5, 0.6) is 0 Å². The largest absolute Gasteiger partial charge is 0.262 e. The van der Waals surface area contributed by atoms with E-state index in [2.05, 4.69) is 10.0 Å². The second kappa shape index (κ2) is 4.69. The Labute approximate surface area is 70.4 Å². The van der Waals surface area contributed by atoms with Gasteiger partial charge >= 0.3 is 0 Å². The van der Waals surface area contributed by atoms with Gasteiger partial charge < -0.3 is 0 Å². The summed E-state index contributed by atoms with van der Waals surface area (Å²) in [4.78, 5) is 12.7. The van der Waals surface area contributed by atoms with Gasteiger partial charge in [0.2, 0.25) is 0 Å². The minimum atomic E-state index is 0.0598. The number of nitroso groups, excluding NO2 is 1. The maximum Gasteiger partial charge on any atom is 0.0920 e. The molecule has 0 bridgehead atoms. The fourth-order valence-corrected chi connectivity index (χ4v) is 2.07. The van der Waals surface area contributed by atoms with Gasteiger partial charge in [0, 0.05) is 5.25 Å². The summed E-state index contributed by atoms with van der Waals surface area (Å²) >= 11 is 1.55. The minimum absolute atomic E-state index is 0.0598. The number of hydrogen-bond donors (Lipinski definition) is 2. The highest BCUT2D eigenvalue weighted by Gasteiger charge is 2.21. The summed E-state index contributed by atoms with van der Waals surface area (Å²) in [5.41, 5.74) is 0. The van der Waals surface area contributed by atoms with Crippen LogP contribution in [0.15, 0.2) is 5.18 Å². The summed E-state index contributed by atoms with van der Waals surface area (Å²) < 4.78 is 0. The van der Waals surface area contributed by atoms with Gasteiger partial charge in [-0.1, -0.05) is 17.1 Å². The quantitative estimate of drug-likeness (QED) is 0.292. The standard InChI is InChI=1S/C6H13N3OS/c7-9-11-6-3-1-5(8-10)2-4-6/h5-6,9H,1-4,7H2. The van der Waals surface area contributed by atoms with E-state index in [1.807, 2.05) is 0 Å². The van der Waals surface area contributed by atoms with Crippen molar-refractivity contribution in [1.82, 2.24) is 4.83 Å². The third-order valence-corrected chi connectivity index (χ3v) is 2.97. The predicted octanol–water partition coefficient (Wildman–Crippen LogP) is 1.18. The van der Waals surface area contributed by atoms with Crippen LogP contribution in [0, 0.1) is 4.91 Å². The predicted molar refractivity (Wildman–Crippen MR) is 46.8 cm³/mol. The topological polar surface area (TPSA) is 67.5 Å². The average Bonchev–Trinajstić information content (AvgIpc) is 2.07. The molecule has 1 aliphatic carbocycles. The van der Waals surface area contributed by atoms with Crippen molar-refractivity contribution < 1.29 is 0 Å². The molecule has 1 rings (SSSR count). The van der Waals surface area contributed by atoms with E-state index >= 15 is 0 Å². The first-order valence-electron chi connectivity index (χ1n) is 3.80. The molecular weight excluding hydrogens is 162 g/mol. The number of hydrogen-bond acceptors (Lipinski definition) is 5. The number of nitrogens with one attached hydrogen (secondary N) is 1. The SMILES string of the molecule is NNSC1CCC(N=O)CC1. The Kier molecular flexibility index (Phi) is 3.82. The number of rotatable bonds is 3. The highest BCUT2D eigenvalue weighted by Crippen LogP contribution is 2.27. The van der Waals surface area contributed by atoms with Gasteiger partial charge in [-0.3, -0.25) is 5.84 Å². The van der Waals surface area contributed by atoms with Crippen LogP contribution in [-0.2, 0) is 0 Å². The van der Waals surface area contributed by atoms with Gasteiger partial charge in [-0.15, -0.1) is 0 Å². The molecule has 0 radical (unpaired) electrons. The van der Waals surface area contributed by atoms with Crippen molar-refractivity contribution in [3.05, 3.63) is 4.91 Å². The molecule has 0 spiro atoms. The molecule has 64 valence electrons. The molecular formula is C6H13N3OS. The minimum Gasteiger partial charge on any atom is -0.262 e. The zero-order valence-electron chi connectivity index (χ0n) is 6.32. The molecule has 0 amide bonds. The van der Waals surface area contributed by atoms with Crippen LogP contribution in [-0.4, -0.2) is 11.3 Å². The molecule has 0 unspecified atom stereocenters. The third-order valence-electron chi connectivity index (χ3n) is 2.03. The Bertz CT molecular complexity index is 125. The first-order valence-corrected chi connectivity index (χ1v) is 4.68. The normalized spacial score (nSPS) is 31.7. The van der Waals surface area contributed by atoms with E-state index in [0.717, 1.165) is 25.7 Å². The fourth-order valence-electron chi connectivity index (χ4n) is 1.36. The van der Waals surface area contributed by atoms with E-state index in [4.69, 9.17) is 5.84 Å². The Morgan fingerprint density at radius 3 is 2.45 bits per heavy atom. The van der Waals surface area contributed by atoms with Crippen LogP contribution in [0.2, 0.25) is 0 Å². The summed E-state index contributed by atoms with van der Waals surface area (Å²) in [6, 6.07) is 0.0598. The molecule has 0 aromatic rings. The zero-order chi connectivity index (χ0) is 8.10. The molecule has 1 fully saturated rings. The number of hydrazine groups is 1. The van der Waals surface area contributed by atoms with Gasteiger partial charge in [0.15, 0.2) is 0 Å². The molecule has 5 heteroatoms. The smallest absolute Gasteiger partial charge is 0.0920 e. The van der Waals surface area contributed by atoms with Gasteiger partial charge in [-0.2, -0.15) is 4.91 Å². The highest BCUT2D eigenvalue weighted by molar-refractivity contribution is 7.97. The maximum absolute atomic E-state index is 10.1. The monoisotopic (exact) mass is 175 g/mol. The summed E-state index contributed by atoms with van der Waals surface area (Å²) in [6.07, 6.45) is 3.93. The van der Waals surface area contributed by atoms with Crippen molar-refractivity contribution in [2.75, 3.05) is 0 Å². The molecule has 3 N–H and O–H groups in total. The van der Waals surface area contributed by atoms with Gasteiger partial charge in [-0.05, 0) is 25.7 Å². The lowest BCUT2D eigenvalue weighted by Gasteiger charge is -2.22. The van der Waals surface area contributed by atoms with Crippen molar-refractivity contribution in [3.8, 4) is 0 Å². The summed E-state index contributed by atoms with van der Waals surface area (Å²) in [6.45, 7) is 0. The van der Waals surface area contributed by atoms with Crippen molar-refractivity contribution in [3.63, 3.8) is 0 Å². The zero-order valence-corrected chi connectivity index (χ0v) is 7.14. The van der Waals surface area contributed by atoms with Crippen molar-refractivity contribution in [2.45, 2.75) is 37.0 Å². The lowest BCUT2D eigenvalue weighted by atomic mass is 9.96. The number of nitrogens with two attached hydrogens (primary N) is 1. The molecule has 0 heterocycles. The Hall–Kier alpha value is -0.130. The number of nitrogens with zero attached hydrogens (tertiary/aromatic N) is 1. The third kappa shape index (κ3) is 2.76. The summed E-state index contributed by atoms with van der Waals surface area (Å²) in [5.74, 6) is 5.15. The van der Waals surface area contributed by atoms with Gasteiger partial charge in [0.1, 0.15) is 0 Å². The van der Waals surface area contributed by atoms with Crippen molar-refractivity contribution in [2.24, 2.45) is 11.0 Å². The second-order valence-electron chi connectivity index (χ2n) is 2.77. The van der Waals surface area contributed by atoms with Gasteiger partial charge in [0.05, 0.1) is 6.04 Å². The van der Waals surface area contributed by atoms with Crippen molar-refractivity contribution >= 4 is 11.9 Å². The van der Waals surface area contributed by atoms with Gasteiger partial charge in [-0.25, -0.2) is 4.83 Å². The van der Waals surface area contributed by atoms with E-state index in [0.29, 0.717) is 5.25 Å². The van der Waals surface area contributed by atoms with E-state index < -0.39 is 0 Å². The van der Waals surface area contributed by atoms with E-state index in [9.17, 15) is 4.91 Å². The lowest BCUT2D eigenvalue weighted by molar-refractivity contribution is 0.449. The van der Waals surface area contributed by atoms with E-state index in [1.165, 1.54) is 0 Å². The van der Waals surface area contributed by atoms with Crippen LogP contribution in [0.25, 0.3) is 0 Å². The molecule has 0 aromatic heterocycles. The molecule has 0 atom stereocenters. The lowest BCUT2D eigenvalue weighted by Crippen LogP contribution is -2.24.